The van der Waals surface area contributed by atoms with Gasteiger partial charge in [-0.1, -0.05) is 0 Å². The van der Waals surface area contributed by atoms with Gasteiger partial charge in [0.1, 0.15) is 0 Å². The van der Waals surface area contributed by atoms with Crippen LogP contribution in [-0.4, -0.2) is 30.5 Å². The highest BCUT2D eigenvalue weighted by atomic mass is 32.3. The van der Waals surface area contributed by atoms with Gasteiger partial charge in [0.15, 0.2) is 0 Å². The molecule has 0 heterocycles. The minimum absolute atomic E-state index is 0. The molecule has 0 spiro atoms. The first-order valence-electron chi connectivity index (χ1n) is 1.45. The van der Waals surface area contributed by atoms with E-state index in [1.54, 1.807) is 0 Å². The predicted molar refractivity (Wildman–Crippen MR) is 34.9 cm³/mol. The molecule has 0 bridgehead atoms. The average Bonchev–Trinajstić information content (AvgIpc) is 1.12. The molecule has 11 heavy (non-hydrogen) atoms. The lowest BCUT2D eigenvalue weighted by molar-refractivity contribution is 0.381. The standard InChI is InChI=1S/H3NO3S.H3N.H2O4S/c1-5(2,3)4;;1-5(2,3)4/h(H3,1,2,3,4);1H3;(H2,1,2,3,4). The molecule has 0 aromatic heterocycles. The lowest BCUT2D eigenvalue weighted by Crippen LogP contribution is -2.08. The molecule has 0 aliphatic heterocycles. The van der Waals surface area contributed by atoms with Crippen molar-refractivity contribution in [3.05, 3.63) is 0 Å². The van der Waals surface area contributed by atoms with E-state index in [0.717, 1.165) is 0 Å². The molecule has 0 aliphatic carbocycles. The summed E-state index contributed by atoms with van der Waals surface area (Å²) in [4.78, 5) is 0. The lowest BCUT2D eigenvalue weighted by Gasteiger charge is -1.70. The smallest absolute Gasteiger partial charge is 0.344 e. The van der Waals surface area contributed by atoms with Crippen LogP contribution in [0.2, 0.25) is 0 Å². The molecule has 9 nitrogen and oxygen atoms in total. The van der Waals surface area contributed by atoms with Gasteiger partial charge in [-0.3, -0.25) is 13.7 Å². The van der Waals surface area contributed by atoms with Crippen molar-refractivity contribution in [2.24, 2.45) is 5.14 Å². The summed E-state index contributed by atoms with van der Waals surface area (Å²) in [7, 11) is -8.83. The highest BCUT2D eigenvalue weighted by molar-refractivity contribution is 7.83. The molecule has 0 fully saturated rings. The first-order chi connectivity index (χ1) is 4.00. The second-order valence-electron chi connectivity index (χ2n) is 0.963. The normalized spacial score (nSPS) is 10.5. The maximum atomic E-state index is 8.97. The quantitative estimate of drug-likeness (QED) is 0.292. The molecule has 0 saturated carbocycles. The maximum Gasteiger partial charge on any atom is 0.394 e. The molecule has 0 aromatic rings. The van der Waals surface area contributed by atoms with Gasteiger partial charge in [0, 0.05) is 0 Å². The van der Waals surface area contributed by atoms with Crippen molar-refractivity contribution in [2.75, 3.05) is 0 Å². The number of hydrogen-bond donors (Lipinski definition) is 5. The van der Waals surface area contributed by atoms with Crippen LogP contribution in [0, 0.1) is 0 Å². The van der Waals surface area contributed by atoms with E-state index >= 15 is 0 Å². The molecule has 72 valence electrons. The summed E-state index contributed by atoms with van der Waals surface area (Å²) in [5.41, 5.74) is 0. The van der Waals surface area contributed by atoms with Crippen molar-refractivity contribution < 1.29 is 30.5 Å². The van der Waals surface area contributed by atoms with Gasteiger partial charge in [-0.15, -0.1) is 0 Å². The van der Waals surface area contributed by atoms with Gasteiger partial charge in [-0.25, -0.2) is 5.14 Å². The number of rotatable bonds is 0. The van der Waals surface area contributed by atoms with Crippen molar-refractivity contribution in [2.45, 2.75) is 0 Å². The third-order valence-corrected chi connectivity index (χ3v) is 0. The van der Waals surface area contributed by atoms with Crippen LogP contribution in [0.15, 0.2) is 0 Å². The van der Waals surface area contributed by atoms with E-state index in [2.05, 4.69) is 5.14 Å². The molecule has 8 N–H and O–H groups in total. The van der Waals surface area contributed by atoms with Crippen LogP contribution in [0.3, 0.4) is 0 Å². The molecule has 0 aromatic carbocycles. The van der Waals surface area contributed by atoms with E-state index in [1.807, 2.05) is 0 Å². The third-order valence-electron chi connectivity index (χ3n) is 0. The topological polar surface area (TPSA) is 190 Å². The summed E-state index contributed by atoms with van der Waals surface area (Å²) in [6, 6.07) is 0. The SMILES string of the molecule is N.NS(=O)(=O)O.O=S(=O)(O)O. The Hall–Kier alpha value is -0.300. The zero-order valence-electron chi connectivity index (χ0n) is 5.08. The Kier molecular flexibility index (Phi) is 8.28. The van der Waals surface area contributed by atoms with Gasteiger partial charge < -0.3 is 6.15 Å². The van der Waals surface area contributed by atoms with E-state index in [1.165, 1.54) is 0 Å². The van der Waals surface area contributed by atoms with E-state index in [4.69, 9.17) is 30.5 Å². The minimum atomic E-state index is -4.67. The van der Waals surface area contributed by atoms with Crippen LogP contribution < -0.4 is 11.3 Å². The Bertz CT molecular complexity index is 211. The molecule has 0 aliphatic rings. The largest absolute Gasteiger partial charge is 0.394 e. The van der Waals surface area contributed by atoms with Crippen molar-refractivity contribution in [3.8, 4) is 0 Å². The second kappa shape index (κ2) is 5.36. The molecule has 0 radical (unpaired) electrons. The van der Waals surface area contributed by atoms with Crippen LogP contribution in [0.25, 0.3) is 0 Å². The van der Waals surface area contributed by atoms with Crippen LogP contribution >= 0.6 is 0 Å². The number of hydrogen-bond acceptors (Lipinski definition) is 5. The Morgan fingerprint density at radius 3 is 0.909 bits per heavy atom. The molecule has 0 atom stereocenters. The molecule has 11 heteroatoms. The van der Waals surface area contributed by atoms with Gasteiger partial charge in [0.2, 0.25) is 0 Å². The van der Waals surface area contributed by atoms with Crippen LogP contribution in [0.4, 0.5) is 0 Å². The molecular formula is H8N2O7S2. The summed E-state index contributed by atoms with van der Waals surface area (Å²) in [5, 5.41) is 3.88. The van der Waals surface area contributed by atoms with Crippen molar-refractivity contribution >= 4 is 20.7 Å². The Balaban J connectivity index is -0.000000107. The third kappa shape index (κ3) is 6390. The average molecular weight is 212 g/mol. The van der Waals surface area contributed by atoms with Crippen molar-refractivity contribution in [3.63, 3.8) is 0 Å². The Morgan fingerprint density at radius 2 is 0.909 bits per heavy atom. The molecule has 0 amide bonds. The van der Waals surface area contributed by atoms with Crippen LogP contribution in [0.5, 0.6) is 0 Å². The van der Waals surface area contributed by atoms with Gasteiger partial charge in [-0.05, 0) is 0 Å². The predicted octanol–water partition coefficient (Wildman–Crippen LogP) is -1.74. The van der Waals surface area contributed by atoms with Gasteiger partial charge in [0.25, 0.3) is 0 Å². The fraction of sp³-hybridized carbons (Fsp3) is 0. The molecule has 0 saturated heterocycles. The fourth-order valence-electron chi connectivity index (χ4n) is 0. The summed E-state index contributed by atoms with van der Waals surface area (Å²) in [6.07, 6.45) is 0. The van der Waals surface area contributed by atoms with Crippen LogP contribution in [-0.2, 0) is 20.7 Å². The first kappa shape index (κ1) is 17.0. The molecular weight excluding hydrogens is 204 g/mol. The van der Waals surface area contributed by atoms with Crippen molar-refractivity contribution in [1.29, 1.82) is 0 Å². The van der Waals surface area contributed by atoms with Gasteiger partial charge in [-0.2, -0.15) is 16.8 Å². The number of nitrogens with two attached hydrogens (primary N) is 1. The highest BCUT2D eigenvalue weighted by Crippen LogP contribution is 1.59. The summed E-state index contributed by atoms with van der Waals surface area (Å²) >= 11 is 0. The van der Waals surface area contributed by atoms with E-state index in [0.29, 0.717) is 0 Å². The van der Waals surface area contributed by atoms with Gasteiger partial charge in [0.05, 0.1) is 0 Å². The summed E-state index contributed by atoms with van der Waals surface area (Å²) in [6.45, 7) is 0. The van der Waals surface area contributed by atoms with E-state index in [9.17, 15) is 0 Å². The lowest BCUT2D eigenvalue weighted by atomic mass is 13.9. The first-order valence-corrected chi connectivity index (χ1v) is 4.35. The summed E-state index contributed by atoms with van der Waals surface area (Å²) in [5.74, 6) is 0. The van der Waals surface area contributed by atoms with E-state index < -0.39 is 20.7 Å². The molecule has 0 unspecified atom stereocenters. The van der Waals surface area contributed by atoms with Crippen LogP contribution in [0.1, 0.15) is 0 Å². The fourth-order valence-corrected chi connectivity index (χ4v) is 0. The van der Waals surface area contributed by atoms with Crippen molar-refractivity contribution in [1.82, 2.24) is 6.15 Å². The minimum Gasteiger partial charge on any atom is -0.344 e. The monoisotopic (exact) mass is 212 g/mol. The van der Waals surface area contributed by atoms with E-state index in [-0.39, 0.29) is 6.15 Å². The Morgan fingerprint density at radius 1 is 0.909 bits per heavy atom. The zero-order valence-corrected chi connectivity index (χ0v) is 6.71. The maximum absolute atomic E-state index is 8.97. The Labute approximate surface area is 63.3 Å². The molecule has 0 rings (SSSR count). The zero-order chi connectivity index (χ0) is 9.00. The summed E-state index contributed by atoms with van der Waals surface area (Å²) < 4.78 is 56.8. The second-order valence-corrected chi connectivity index (χ2v) is 2.89. The van der Waals surface area contributed by atoms with Gasteiger partial charge >= 0.3 is 20.7 Å². The highest BCUT2D eigenvalue weighted by Gasteiger charge is 1.84.